The van der Waals surface area contributed by atoms with Crippen molar-refractivity contribution in [2.75, 3.05) is 12.8 Å². The zero-order valence-corrected chi connectivity index (χ0v) is 13.4. The molecule has 2 atom stereocenters. The van der Waals surface area contributed by atoms with E-state index in [2.05, 4.69) is 23.4 Å². The number of likely N-dealkylation sites (N-methyl/N-ethyl adjacent to an activating group) is 1. The predicted molar refractivity (Wildman–Crippen MR) is 80.6 cm³/mol. The van der Waals surface area contributed by atoms with Crippen LogP contribution in [0.2, 0.25) is 0 Å². The molecule has 1 aliphatic heterocycles. The number of sulfone groups is 1. The summed E-state index contributed by atoms with van der Waals surface area (Å²) < 4.78 is 26.4. The van der Waals surface area contributed by atoms with Gasteiger partial charge in [0.2, 0.25) is 0 Å². The van der Waals surface area contributed by atoms with Gasteiger partial charge in [-0.15, -0.1) is 0 Å². The van der Waals surface area contributed by atoms with Crippen LogP contribution in [-0.2, 0) is 29.7 Å². The normalized spacial score (nSPS) is 23.6. The highest BCUT2D eigenvalue weighted by atomic mass is 32.2. The zero-order valence-electron chi connectivity index (χ0n) is 12.6. The third-order valence-corrected chi connectivity index (χ3v) is 6.61. The van der Waals surface area contributed by atoms with Crippen LogP contribution in [0.1, 0.15) is 37.6 Å². The van der Waals surface area contributed by atoms with Crippen LogP contribution >= 0.6 is 0 Å². The van der Waals surface area contributed by atoms with E-state index < -0.39 is 9.84 Å². The van der Waals surface area contributed by atoms with Crippen LogP contribution in [0.5, 0.6) is 0 Å². The van der Waals surface area contributed by atoms with Crippen LogP contribution in [0.15, 0.2) is 6.07 Å². The van der Waals surface area contributed by atoms with Gasteiger partial charge in [-0.1, -0.05) is 13.3 Å². The topological polar surface area (TPSA) is 64.0 Å². The monoisotopic (exact) mass is 299 g/mol. The summed E-state index contributed by atoms with van der Waals surface area (Å²) in [6, 6.07) is 2.06. The summed E-state index contributed by atoms with van der Waals surface area (Å²) in [6.07, 6.45) is 4.20. The van der Waals surface area contributed by atoms with Crippen LogP contribution in [0.3, 0.4) is 0 Å². The largest absolute Gasteiger partial charge is 0.315 e. The highest BCUT2D eigenvalue weighted by molar-refractivity contribution is 7.92. The minimum atomic E-state index is -2.96. The van der Waals surface area contributed by atoms with Crippen molar-refractivity contribution in [3.63, 3.8) is 0 Å². The van der Waals surface area contributed by atoms with Gasteiger partial charge in [0, 0.05) is 25.2 Å². The highest BCUT2D eigenvalue weighted by Crippen LogP contribution is 2.24. The van der Waals surface area contributed by atoms with Gasteiger partial charge in [-0.25, -0.2) is 8.42 Å². The van der Waals surface area contributed by atoms with Crippen molar-refractivity contribution in [2.45, 2.75) is 50.3 Å². The summed E-state index contributed by atoms with van der Waals surface area (Å²) in [7, 11) is 0.821. The molecule has 1 saturated heterocycles. The Balaban J connectivity index is 2.17. The second-order valence-electron chi connectivity index (χ2n) is 5.60. The second-order valence-corrected chi connectivity index (χ2v) is 7.94. The van der Waals surface area contributed by atoms with Crippen molar-refractivity contribution < 1.29 is 8.42 Å². The average molecular weight is 299 g/mol. The maximum atomic E-state index is 12.3. The third kappa shape index (κ3) is 3.23. The number of hydrogen-bond donors (Lipinski definition) is 1. The Morgan fingerprint density at radius 2 is 2.25 bits per heavy atom. The molecule has 1 aromatic rings. The fourth-order valence-corrected chi connectivity index (χ4v) is 5.18. The molecular formula is C14H25N3O2S. The summed E-state index contributed by atoms with van der Waals surface area (Å²) >= 11 is 0. The molecule has 0 aliphatic carbocycles. The number of nitrogens with one attached hydrogen (secondary N) is 1. The smallest absolute Gasteiger partial charge is 0.154 e. The number of nitrogens with zero attached hydrogens (tertiary/aromatic N) is 2. The number of aromatic nitrogens is 2. The van der Waals surface area contributed by atoms with Gasteiger partial charge in [0.05, 0.1) is 16.7 Å². The quantitative estimate of drug-likeness (QED) is 0.883. The van der Waals surface area contributed by atoms with Crippen molar-refractivity contribution in [3.05, 3.63) is 17.5 Å². The average Bonchev–Trinajstić information content (AvgIpc) is 2.77. The molecule has 1 aromatic heterocycles. The first-order valence-corrected chi connectivity index (χ1v) is 9.10. The van der Waals surface area contributed by atoms with Gasteiger partial charge >= 0.3 is 0 Å². The molecule has 1 fully saturated rings. The van der Waals surface area contributed by atoms with Crippen molar-refractivity contribution in [3.8, 4) is 0 Å². The molecule has 5 nitrogen and oxygen atoms in total. The van der Waals surface area contributed by atoms with E-state index in [1.54, 1.807) is 0 Å². The van der Waals surface area contributed by atoms with Gasteiger partial charge in [0.15, 0.2) is 9.84 Å². The van der Waals surface area contributed by atoms with E-state index in [0.717, 1.165) is 37.1 Å². The van der Waals surface area contributed by atoms with Crippen LogP contribution < -0.4 is 5.32 Å². The number of aryl methyl sites for hydroxylation is 2. The first-order chi connectivity index (χ1) is 9.47. The lowest BCUT2D eigenvalue weighted by molar-refractivity contribution is 0.448. The fraction of sp³-hybridized carbons (Fsp3) is 0.786. The summed E-state index contributed by atoms with van der Waals surface area (Å²) in [5, 5.41) is 7.38. The Bertz CT molecular complexity index is 551. The van der Waals surface area contributed by atoms with E-state index in [4.69, 9.17) is 0 Å². The Hall–Kier alpha value is -0.880. The first kappa shape index (κ1) is 15.5. The van der Waals surface area contributed by atoms with Gasteiger partial charge in [-0.2, -0.15) is 5.10 Å². The summed E-state index contributed by atoms with van der Waals surface area (Å²) in [5.41, 5.74) is 2.16. The van der Waals surface area contributed by atoms with Gasteiger partial charge in [-0.3, -0.25) is 4.68 Å². The predicted octanol–water partition coefficient (Wildman–Crippen LogP) is 1.08. The molecule has 114 valence electrons. The molecule has 2 rings (SSSR count). The van der Waals surface area contributed by atoms with Crippen molar-refractivity contribution in [1.29, 1.82) is 0 Å². The first-order valence-electron chi connectivity index (χ1n) is 7.38. The molecular weight excluding hydrogens is 274 g/mol. The van der Waals surface area contributed by atoms with Gasteiger partial charge in [-0.05, 0) is 32.4 Å². The molecule has 0 radical (unpaired) electrons. The van der Waals surface area contributed by atoms with E-state index in [1.807, 2.05) is 18.8 Å². The van der Waals surface area contributed by atoms with Gasteiger partial charge in [0.25, 0.3) is 0 Å². The summed E-state index contributed by atoms with van der Waals surface area (Å²) in [5.74, 6) is 0.335. The third-order valence-electron chi connectivity index (χ3n) is 4.27. The van der Waals surface area contributed by atoms with E-state index >= 15 is 0 Å². The van der Waals surface area contributed by atoms with Crippen LogP contribution in [0.4, 0.5) is 0 Å². The maximum Gasteiger partial charge on any atom is 0.154 e. The van der Waals surface area contributed by atoms with Crippen molar-refractivity contribution in [1.82, 2.24) is 15.1 Å². The van der Waals surface area contributed by atoms with Gasteiger partial charge in [0.1, 0.15) is 0 Å². The lowest BCUT2D eigenvalue weighted by atomic mass is 10.0. The highest BCUT2D eigenvalue weighted by Gasteiger charge is 2.35. The fourth-order valence-electron chi connectivity index (χ4n) is 3.01. The zero-order chi connectivity index (χ0) is 14.8. The van der Waals surface area contributed by atoms with Crippen LogP contribution in [0.25, 0.3) is 0 Å². The molecule has 0 saturated carbocycles. The van der Waals surface area contributed by atoms with Crippen LogP contribution in [0, 0.1) is 0 Å². The van der Waals surface area contributed by atoms with E-state index in [1.165, 1.54) is 0 Å². The Morgan fingerprint density at radius 1 is 1.50 bits per heavy atom. The minimum Gasteiger partial charge on any atom is -0.315 e. The Labute approximate surface area is 121 Å². The lowest BCUT2D eigenvalue weighted by Crippen LogP contribution is -2.46. The summed E-state index contributed by atoms with van der Waals surface area (Å²) in [4.78, 5) is 0. The van der Waals surface area contributed by atoms with Crippen molar-refractivity contribution >= 4 is 9.84 Å². The minimum absolute atomic E-state index is 0.0274. The Morgan fingerprint density at radius 3 is 2.80 bits per heavy atom. The molecule has 2 heterocycles. The maximum absolute atomic E-state index is 12.3. The second kappa shape index (κ2) is 6.26. The number of rotatable bonds is 5. The molecule has 1 aliphatic rings. The lowest BCUT2D eigenvalue weighted by Gasteiger charge is -2.29. The molecule has 1 N–H and O–H groups in total. The molecule has 2 unspecified atom stereocenters. The molecule has 6 heteroatoms. The molecule has 0 bridgehead atoms. The Kier molecular flexibility index (Phi) is 4.86. The van der Waals surface area contributed by atoms with Crippen molar-refractivity contribution in [2.24, 2.45) is 7.05 Å². The SMILES string of the molecule is CCc1cc(CC(NC)C2CCCCS2(=O)=O)n(C)n1. The van der Waals surface area contributed by atoms with E-state index in [0.29, 0.717) is 12.2 Å². The number of hydrogen-bond acceptors (Lipinski definition) is 4. The molecule has 0 amide bonds. The van der Waals surface area contributed by atoms with Gasteiger partial charge < -0.3 is 5.32 Å². The molecule has 0 aromatic carbocycles. The molecule has 20 heavy (non-hydrogen) atoms. The summed E-state index contributed by atoms with van der Waals surface area (Å²) in [6.45, 7) is 2.08. The van der Waals surface area contributed by atoms with Crippen LogP contribution in [-0.4, -0.2) is 42.3 Å². The standard InChI is InChI=1S/C14H25N3O2S/c1-4-11-9-12(17(3)16-11)10-13(15-2)14-7-5-6-8-20(14,18)19/h9,13-15H,4-8,10H2,1-3H3. The molecule has 0 spiro atoms. The van der Waals surface area contributed by atoms with E-state index in [-0.39, 0.29) is 11.3 Å². The van der Waals surface area contributed by atoms with E-state index in [9.17, 15) is 8.42 Å².